The summed E-state index contributed by atoms with van der Waals surface area (Å²) in [7, 11) is -3.95. The lowest BCUT2D eigenvalue weighted by Gasteiger charge is -2.09. The Morgan fingerprint density at radius 2 is 2.03 bits per heavy atom. The largest absolute Gasteiger partial charge is 0.333 e. The molecule has 0 bridgehead atoms. The molecule has 1 N–H and O–H groups in total. The number of carbonyl (C=O) groups excluding carboxylic acids is 1. The highest BCUT2D eigenvalue weighted by molar-refractivity contribution is 7.92. The van der Waals surface area contributed by atoms with Gasteiger partial charge in [0.05, 0.1) is 6.33 Å². The molecule has 0 saturated carbocycles. The molecule has 0 aliphatic carbocycles. The second-order valence-corrected chi connectivity index (χ2v) is 11.4. The van der Waals surface area contributed by atoms with E-state index < -0.39 is 15.9 Å². The molecular formula is C24H31N3O3S2. The first-order chi connectivity index (χ1) is 15.3. The average Bonchev–Trinajstić information content (AvgIpc) is 3.38. The van der Waals surface area contributed by atoms with Crippen molar-refractivity contribution in [1.29, 1.82) is 0 Å². The molecule has 3 rings (SSSR count). The zero-order valence-corrected chi connectivity index (χ0v) is 20.5. The van der Waals surface area contributed by atoms with Gasteiger partial charge < -0.3 is 4.57 Å². The molecule has 8 heteroatoms. The first kappa shape index (κ1) is 24.2. The van der Waals surface area contributed by atoms with Crippen molar-refractivity contribution in [1.82, 2.24) is 14.3 Å². The Morgan fingerprint density at radius 3 is 2.72 bits per heavy atom. The van der Waals surface area contributed by atoms with E-state index in [2.05, 4.69) is 23.6 Å². The maximum atomic E-state index is 13.2. The fraction of sp³-hybridized carbons (Fsp3) is 0.417. The second-order valence-electron chi connectivity index (χ2n) is 8.43. The summed E-state index contributed by atoms with van der Waals surface area (Å²) in [5.74, 6) is -0.0506. The van der Waals surface area contributed by atoms with Crippen LogP contribution in [0.5, 0.6) is 0 Å². The lowest BCUT2D eigenvalue weighted by Crippen LogP contribution is -2.30. The van der Waals surface area contributed by atoms with Crippen molar-refractivity contribution in [2.75, 3.05) is 0 Å². The van der Waals surface area contributed by atoms with E-state index in [-0.39, 0.29) is 10.6 Å². The highest BCUT2D eigenvalue weighted by atomic mass is 32.2. The van der Waals surface area contributed by atoms with Crippen LogP contribution in [-0.2, 0) is 27.8 Å². The van der Waals surface area contributed by atoms with E-state index in [4.69, 9.17) is 0 Å². The predicted octanol–water partition coefficient (Wildman–Crippen LogP) is 5.24. The Hall–Kier alpha value is -2.45. The van der Waals surface area contributed by atoms with Gasteiger partial charge in [-0.2, -0.15) is 0 Å². The Kier molecular flexibility index (Phi) is 8.26. The van der Waals surface area contributed by atoms with E-state index in [0.29, 0.717) is 24.4 Å². The van der Waals surface area contributed by atoms with Gasteiger partial charge in [0.1, 0.15) is 4.21 Å². The topological polar surface area (TPSA) is 81.1 Å². The number of thiophene rings is 1. The number of nitrogens with zero attached hydrogens (tertiary/aromatic N) is 2. The van der Waals surface area contributed by atoms with Gasteiger partial charge in [-0.25, -0.2) is 18.1 Å². The number of benzene rings is 1. The van der Waals surface area contributed by atoms with Gasteiger partial charge in [-0.15, -0.1) is 11.3 Å². The molecule has 32 heavy (non-hydrogen) atoms. The van der Waals surface area contributed by atoms with Crippen LogP contribution in [0.25, 0.3) is 11.1 Å². The highest BCUT2D eigenvalue weighted by Crippen LogP contribution is 2.36. The Morgan fingerprint density at radius 1 is 1.22 bits per heavy atom. The van der Waals surface area contributed by atoms with Crippen LogP contribution >= 0.6 is 11.3 Å². The standard InChI is InChI=1S/C24H31N3O3S2/c1-4-5-6-10-23(28)26-32(29,30)24-22(15-21(31-24)13-18(2)3)20-9-7-8-19(14-20)16-27-12-11-25-17-27/h7-9,11-12,14-15,17-18H,4-6,10,13,16H2,1-3H3,(H,26,28). The van der Waals surface area contributed by atoms with Gasteiger partial charge in [0.15, 0.2) is 0 Å². The Labute approximate surface area is 194 Å². The third-order valence-corrected chi connectivity index (χ3v) is 8.09. The second kappa shape index (κ2) is 10.9. The molecule has 1 aromatic carbocycles. The van der Waals surface area contributed by atoms with Crippen molar-refractivity contribution in [2.24, 2.45) is 5.92 Å². The number of aromatic nitrogens is 2. The van der Waals surface area contributed by atoms with Gasteiger partial charge in [0.2, 0.25) is 5.91 Å². The number of rotatable bonds is 11. The summed E-state index contributed by atoms with van der Waals surface area (Å²) in [6.45, 7) is 6.90. The fourth-order valence-corrected chi connectivity index (χ4v) is 6.50. The van der Waals surface area contributed by atoms with E-state index in [1.807, 2.05) is 48.0 Å². The summed E-state index contributed by atoms with van der Waals surface area (Å²) >= 11 is 1.25. The summed E-state index contributed by atoms with van der Waals surface area (Å²) in [4.78, 5) is 17.3. The molecule has 0 aliphatic heterocycles. The molecule has 3 aromatic rings. The molecule has 6 nitrogen and oxygen atoms in total. The van der Waals surface area contributed by atoms with Gasteiger partial charge in [-0.05, 0) is 42.0 Å². The molecule has 0 fully saturated rings. The predicted molar refractivity (Wildman–Crippen MR) is 129 cm³/mol. The zero-order valence-electron chi connectivity index (χ0n) is 18.9. The number of amides is 1. The van der Waals surface area contributed by atoms with Gasteiger partial charge in [-0.1, -0.05) is 51.8 Å². The maximum absolute atomic E-state index is 13.2. The van der Waals surface area contributed by atoms with E-state index in [1.165, 1.54) is 11.3 Å². The van der Waals surface area contributed by atoms with Crippen LogP contribution in [0.1, 0.15) is 56.9 Å². The number of sulfonamides is 1. The van der Waals surface area contributed by atoms with Crippen molar-refractivity contribution in [3.63, 3.8) is 0 Å². The van der Waals surface area contributed by atoms with Crippen molar-refractivity contribution in [3.05, 3.63) is 59.5 Å². The van der Waals surface area contributed by atoms with Crippen LogP contribution in [0.4, 0.5) is 0 Å². The van der Waals surface area contributed by atoms with Crippen LogP contribution < -0.4 is 4.72 Å². The molecule has 2 heterocycles. The molecule has 0 unspecified atom stereocenters. The molecule has 0 atom stereocenters. The number of unbranched alkanes of at least 4 members (excludes halogenated alkanes) is 2. The molecule has 172 valence electrons. The summed E-state index contributed by atoms with van der Waals surface area (Å²) in [5.41, 5.74) is 2.52. The third kappa shape index (κ3) is 6.53. The number of imidazole rings is 1. The zero-order chi connectivity index (χ0) is 23.1. The highest BCUT2D eigenvalue weighted by Gasteiger charge is 2.25. The Bertz CT molecular complexity index is 1130. The smallest absolute Gasteiger partial charge is 0.274 e. The average molecular weight is 474 g/mol. The minimum atomic E-state index is -3.95. The SMILES string of the molecule is CCCCCC(=O)NS(=O)(=O)c1sc(CC(C)C)cc1-c1cccc(Cn2ccnc2)c1. The van der Waals surface area contributed by atoms with Gasteiger partial charge in [0, 0.05) is 35.8 Å². The molecule has 0 aliphatic rings. The van der Waals surface area contributed by atoms with E-state index in [0.717, 1.165) is 35.3 Å². The number of hydrogen-bond acceptors (Lipinski definition) is 5. The lowest BCUT2D eigenvalue weighted by atomic mass is 10.0. The van der Waals surface area contributed by atoms with Gasteiger partial charge in [-0.3, -0.25) is 4.79 Å². The van der Waals surface area contributed by atoms with Crippen molar-refractivity contribution in [3.8, 4) is 11.1 Å². The number of hydrogen-bond donors (Lipinski definition) is 1. The third-order valence-electron chi connectivity index (χ3n) is 5.02. The van der Waals surface area contributed by atoms with Crippen LogP contribution in [0.3, 0.4) is 0 Å². The summed E-state index contributed by atoms with van der Waals surface area (Å²) < 4.78 is 30.8. The van der Waals surface area contributed by atoms with Crippen LogP contribution in [0, 0.1) is 5.92 Å². The molecule has 1 amide bonds. The van der Waals surface area contributed by atoms with Gasteiger partial charge >= 0.3 is 0 Å². The fourth-order valence-electron chi connectivity index (χ4n) is 3.54. The Balaban J connectivity index is 1.93. The normalized spacial score (nSPS) is 11.8. The number of carbonyl (C=O) groups is 1. The van der Waals surface area contributed by atoms with Crippen LogP contribution in [0.2, 0.25) is 0 Å². The summed E-state index contributed by atoms with van der Waals surface area (Å²) in [5, 5.41) is 0. The summed E-state index contributed by atoms with van der Waals surface area (Å²) in [6.07, 6.45) is 8.94. The molecule has 0 saturated heterocycles. The van der Waals surface area contributed by atoms with Crippen LogP contribution in [0.15, 0.2) is 53.3 Å². The summed E-state index contributed by atoms with van der Waals surface area (Å²) in [6, 6.07) is 9.82. The van der Waals surface area contributed by atoms with Gasteiger partial charge in [0.25, 0.3) is 10.0 Å². The van der Waals surface area contributed by atoms with Crippen molar-refractivity contribution < 1.29 is 13.2 Å². The molecule has 0 spiro atoms. The monoisotopic (exact) mass is 473 g/mol. The van der Waals surface area contributed by atoms with E-state index in [1.54, 1.807) is 12.5 Å². The molecule has 2 aromatic heterocycles. The quantitative estimate of drug-likeness (QED) is 0.386. The minimum Gasteiger partial charge on any atom is -0.333 e. The van der Waals surface area contributed by atoms with E-state index in [9.17, 15) is 13.2 Å². The van der Waals surface area contributed by atoms with Crippen molar-refractivity contribution >= 4 is 27.3 Å². The molecule has 0 radical (unpaired) electrons. The van der Waals surface area contributed by atoms with Crippen LogP contribution in [-0.4, -0.2) is 23.9 Å². The first-order valence-corrected chi connectivity index (χ1v) is 13.3. The minimum absolute atomic E-state index is 0.205. The molecular weight excluding hydrogens is 442 g/mol. The first-order valence-electron chi connectivity index (χ1n) is 11.0. The number of nitrogens with one attached hydrogen (secondary N) is 1. The van der Waals surface area contributed by atoms with E-state index >= 15 is 0 Å². The van der Waals surface area contributed by atoms with Crippen molar-refractivity contribution in [2.45, 2.75) is 63.6 Å². The maximum Gasteiger partial charge on any atom is 0.274 e. The lowest BCUT2D eigenvalue weighted by molar-refractivity contribution is -0.119.